The topological polar surface area (TPSA) is 314 Å². The van der Waals surface area contributed by atoms with E-state index in [9.17, 15) is 0 Å². The molecule has 21 heteroatoms. The molecule has 0 N–H and O–H groups in total. The number of hydrogen-bond acceptors (Lipinski definition) is 0. The van der Waals surface area contributed by atoms with E-state index in [-0.39, 0.29) is 242 Å². The van der Waals surface area contributed by atoms with Gasteiger partial charge in [0.25, 0.3) is 0 Å². The molecule has 0 aliphatic heterocycles. The zero-order valence-electron chi connectivity index (χ0n) is 10.5. The molecule has 21 heavy (non-hydrogen) atoms. The van der Waals surface area contributed by atoms with E-state index >= 15 is 0 Å². The normalized spacial score (nSPS) is 0. The molecule has 0 amide bonds. The van der Waals surface area contributed by atoms with Crippen LogP contribution in [0.1, 0.15) is 0 Å². The Morgan fingerprint density at radius 3 is 0.286 bits per heavy atom. The van der Waals surface area contributed by atoms with Crippen molar-refractivity contribution < 1.29 is 99.2 Å². The Morgan fingerprint density at radius 1 is 0.286 bits per heavy atom. The number of rotatable bonds is 0. The van der Waals surface area contributed by atoms with Crippen molar-refractivity contribution in [3.63, 3.8) is 0 Å². The minimum atomic E-state index is 0. The molecule has 6 radical (unpaired) electrons. The fraction of sp³-hybridized carbons (Fsp3) is 0. The number of hydrogen-bond donors (Lipinski definition) is 0. The maximum atomic E-state index is 0. The van der Waals surface area contributed by atoms with Crippen LogP contribution in [0.15, 0.2) is 0 Å². The largest absolute Gasteiger partial charge is 3.00 e. The van der Waals surface area contributed by atoms with E-state index in [4.69, 9.17) is 0 Å². The van der Waals surface area contributed by atoms with Crippen molar-refractivity contribution in [1.82, 2.24) is 0 Å². The fourth-order valence-electron chi connectivity index (χ4n) is 0. The summed E-state index contributed by atoms with van der Waals surface area (Å²) in [5.74, 6) is 0. The van der Waals surface area contributed by atoms with E-state index < -0.39 is 0 Å². The summed E-state index contributed by atoms with van der Waals surface area (Å²) >= 11 is 0. The second kappa shape index (κ2) is 574. The fourth-order valence-corrected chi connectivity index (χ4v) is 0. The van der Waals surface area contributed by atoms with Crippen molar-refractivity contribution in [2.24, 2.45) is 0 Å². The third kappa shape index (κ3) is 527. The summed E-state index contributed by atoms with van der Waals surface area (Å²) in [6.07, 6.45) is 0. The molecule has 0 fully saturated rings. The molecule has 0 aromatic carbocycles. The zero-order chi connectivity index (χ0) is 0. The van der Waals surface area contributed by atoms with Gasteiger partial charge in [-0.05, 0) is 0 Å². The van der Waals surface area contributed by atoms with Gasteiger partial charge in [0.15, 0.2) is 0 Å². The summed E-state index contributed by atoms with van der Waals surface area (Å²) in [6.45, 7) is 0. The van der Waals surface area contributed by atoms with Crippen molar-refractivity contribution in [1.29, 1.82) is 0 Å². The van der Waals surface area contributed by atoms with Crippen LogP contribution in [0.2, 0.25) is 0 Å². The summed E-state index contributed by atoms with van der Waals surface area (Å²) in [5.41, 5.74) is 0. The van der Waals surface area contributed by atoms with Gasteiger partial charge in [-0.1, -0.05) is 0 Å². The minimum absolute atomic E-state index is 0. The smallest absolute Gasteiger partial charge is 2.00 e. The maximum absolute atomic E-state index is 0. The maximum Gasteiger partial charge on any atom is 3.00 e. The molecule has 0 aliphatic rings. The third-order valence-electron chi connectivity index (χ3n) is 0. The van der Waals surface area contributed by atoms with Crippen LogP contribution in [0, 0.1) is 0 Å². The van der Waals surface area contributed by atoms with Crippen molar-refractivity contribution in [3.8, 4) is 0 Å². The summed E-state index contributed by atoms with van der Waals surface area (Å²) < 4.78 is 0. The molecule has 0 saturated heterocycles. The van der Waals surface area contributed by atoms with Crippen molar-refractivity contribution >= 4 is 143 Å². The van der Waals surface area contributed by atoms with E-state index in [1.165, 1.54) is 0 Å². The van der Waals surface area contributed by atoms with Crippen LogP contribution in [0.3, 0.4) is 0 Å². The Morgan fingerprint density at radius 2 is 0.286 bits per heavy atom. The van der Waals surface area contributed by atoms with Gasteiger partial charge in [-0.25, -0.2) is 0 Å². The molecule has 0 spiro atoms. The third-order valence-corrected chi connectivity index (χ3v) is 0. The summed E-state index contributed by atoms with van der Waals surface area (Å²) in [4.78, 5) is 0. The average molecular weight is 751 g/mol. The van der Waals surface area contributed by atoms with Crippen molar-refractivity contribution in [2.75, 3.05) is 0 Å². The monoisotopic (exact) mass is 747 g/mol. The standard InChI is InChI=1S/2Al.2B.2Ga.2In.11O.2Zn/q2*+3;;;4*+3;11*-2;2*+2. The van der Waals surface area contributed by atoms with E-state index in [0.717, 1.165) is 0 Å². The zero-order valence-corrected chi connectivity index (χ0v) is 30.2. The van der Waals surface area contributed by atoms with Gasteiger partial charge in [0, 0.05) is 16.8 Å². The predicted molar refractivity (Wildman–Crippen MR) is 53.6 cm³/mol. The molecule has 0 rings (SSSR count). The second-order valence-corrected chi connectivity index (χ2v) is 0. The molecular formula is Al2B2Ga2In2O11Zn2. The van der Waals surface area contributed by atoms with Gasteiger partial charge >= 0.3 is 165 Å². The first-order valence-corrected chi connectivity index (χ1v) is 0. The van der Waals surface area contributed by atoms with Crippen LogP contribution < -0.4 is 0 Å². The average Bonchev–Trinajstić information content (AvgIpc) is 0. The van der Waals surface area contributed by atoms with Crippen molar-refractivity contribution in [2.45, 2.75) is 0 Å². The van der Waals surface area contributed by atoms with Gasteiger partial charge in [-0.3, -0.25) is 0 Å². The van der Waals surface area contributed by atoms with Crippen LogP contribution in [-0.4, -0.2) is 143 Å². The van der Waals surface area contributed by atoms with Crippen LogP contribution in [0.4, 0.5) is 0 Å². The second-order valence-electron chi connectivity index (χ2n) is 0. The van der Waals surface area contributed by atoms with Crippen LogP contribution in [0.5, 0.6) is 0 Å². The van der Waals surface area contributed by atoms with Gasteiger partial charge < -0.3 is 60.2 Å². The van der Waals surface area contributed by atoms with Gasteiger partial charge in [0.1, 0.15) is 0 Å². The molecule has 0 aromatic heterocycles. The quantitative estimate of drug-likeness (QED) is 0.212. The van der Waals surface area contributed by atoms with Gasteiger partial charge in [0.2, 0.25) is 0 Å². The summed E-state index contributed by atoms with van der Waals surface area (Å²) in [7, 11) is 0. The molecule has 0 heterocycles. The Bertz CT molecular complexity index is 44.2. The molecule has 0 unspecified atom stereocenters. The summed E-state index contributed by atoms with van der Waals surface area (Å²) in [5, 5.41) is 0. The Kier molecular flexibility index (Phi) is 17700. The van der Waals surface area contributed by atoms with Crippen LogP contribution in [0.25, 0.3) is 0 Å². The van der Waals surface area contributed by atoms with E-state index in [1.54, 1.807) is 0 Å². The molecule has 0 aliphatic carbocycles. The van der Waals surface area contributed by atoms with Crippen molar-refractivity contribution in [3.05, 3.63) is 0 Å². The SMILES string of the molecule is [Al+3].[Al+3].[B].[B].[Ga+3].[Ga+3].[In+3].[In+3].[O-2].[O-2].[O-2].[O-2].[O-2].[O-2].[O-2].[O-2].[O-2].[O-2].[O-2].[Zn+2].[Zn+2]. The van der Waals surface area contributed by atoms with E-state index in [2.05, 4.69) is 0 Å². The molecule has 11 nitrogen and oxygen atoms in total. The van der Waals surface area contributed by atoms with E-state index in [1.807, 2.05) is 0 Å². The molecule has 0 atom stereocenters. The Balaban J connectivity index is 0. The van der Waals surface area contributed by atoms with Gasteiger partial charge in [0.05, 0.1) is 0 Å². The molecule has 0 bridgehead atoms. The first-order valence-electron chi connectivity index (χ1n) is 0. The van der Waals surface area contributed by atoms with Gasteiger partial charge in [-0.2, -0.15) is 0 Å². The Hall–Kier alpha value is 5.01. The van der Waals surface area contributed by atoms with Crippen LogP contribution in [-0.2, 0) is 99.2 Å². The predicted octanol–water partition coefficient (Wildman–Crippen LogP) is -4.36. The molecule has 94 valence electrons. The first-order chi connectivity index (χ1) is 0. The van der Waals surface area contributed by atoms with E-state index in [0.29, 0.717) is 0 Å². The molecular weight excluding hydrogens is 751 g/mol. The summed E-state index contributed by atoms with van der Waals surface area (Å²) in [6, 6.07) is 0. The molecule has 0 saturated carbocycles. The first kappa shape index (κ1) is 647. The van der Waals surface area contributed by atoms with Crippen LogP contribution >= 0.6 is 0 Å². The van der Waals surface area contributed by atoms with Gasteiger partial charge in [-0.15, -0.1) is 0 Å². The Labute approximate surface area is 238 Å². The minimum Gasteiger partial charge on any atom is -2.00 e. The molecule has 0 aromatic rings.